The monoisotopic (exact) mass is 245 g/mol. The molecule has 17 heavy (non-hydrogen) atoms. The highest BCUT2D eigenvalue weighted by atomic mass is 32.1. The van der Waals surface area contributed by atoms with Crippen molar-refractivity contribution in [2.24, 2.45) is 10.7 Å². The van der Waals surface area contributed by atoms with Gasteiger partial charge in [-0.05, 0) is 13.8 Å². The zero-order valence-electron chi connectivity index (χ0n) is 9.92. The van der Waals surface area contributed by atoms with E-state index in [2.05, 4.69) is 9.98 Å². The number of aromatic nitrogens is 1. The summed E-state index contributed by atoms with van der Waals surface area (Å²) in [6.45, 7) is 3.99. The molecule has 0 saturated carbocycles. The van der Waals surface area contributed by atoms with Crippen molar-refractivity contribution in [3.05, 3.63) is 52.0 Å². The van der Waals surface area contributed by atoms with Crippen molar-refractivity contribution in [2.45, 2.75) is 19.9 Å². The maximum Gasteiger partial charge on any atom is 0.126 e. The minimum Gasteiger partial charge on any atom is -0.383 e. The third-order valence-electron chi connectivity index (χ3n) is 2.40. The molecule has 0 saturated heterocycles. The predicted molar refractivity (Wildman–Crippen MR) is 72.4 cm³/mol. The molecule has 2 aromatic rings. The Kier molecular flexibility index (Phi) is 3.54. The second kappa shape index (κ2) is 5.10. The first kappa shape index (κ1) is 11.8. The van der Waals surface area contributed by atoms with Gasteiger partial charge in [-0.25, -0.2) is 4.98 Å². The van der Waals surface area contributed by atoms with Gasteiger partial charge in [0, 0.05) is 16.6 Å². The number of benzene rings is 1. The van der Waals surface area contributed by atoms with Crippen LogP contribution in [0.2, 0.25) is 0 Å². The van der Waals surface area contributed by atoms with Crippen molar-refractivity contribution < 1.29 is 0 Å². The molecule has 0 bridgehead atoms. The van der Waals surface area contributed by atoms with E-state index in [-0.39, 0.29) is 6.04 Å². The molecular formula is C13H15N3S. The number of nitrogens with two attached hydrogens (primary N) is 1. The second-order valence-electron chi connectivity index (χ2n) is 3.88. The average molecular weight is 245 g/mol. The number of amidine groups is 1. The molecule has 1 heterocycles. The van der Waals surface area contributed by atoms with E-state index in [0.29, 0.717) is 5.84 Å². The van der Waals surface area contributed by atoms with E-state index < -0.39 is 0 Å². The Balaban J connectivity index is 2.19. The lowest BCUT2D eigenvalue weighted by molar-refractivity contribution is 0.803. The van der Waals surface area contributed by atoms with E-state index in [1.807, 2.05) is 49.6 Å². The molecular weight excluding hydrogens is 230 g/mol. The molecule has 0 aliphatic carbocycles. The summed E-state index contributed by atoms with van der Waals surface area (Å²) in [5.74, 6) is 0.561. The summed E-state index contributed by atoms with van der Waals surface area (Å²) in [5.41, 5.74) is 7.95. The topological polar surface area (TPSA) is 51.3 Å². The molecule has 88 valence electrons. The van der Waals surface area contributed by atoms with Crippen molar-refractivity contribution in [3.63, 3.8) is 0 Å². The molecule has 4 heteroatoms. The number of hydrogen-bond donors (Lipinski definition) is 1. The number of aliphatic imine (C=N–C) groups is 1. The standard InChI is InChI=1S/C13H15N3S/c1-9-8-17-13(15-9)10(2)16-12(14)11-6-4-3-5-7-11/h3-8,10H,1-2H3,(H2,14,16). The van der Waals surface area contributed by atoms with E-state index >= 15 is 0 Å². The fraction of sp³-hybridized carbons (Fsp3) is 0.231. The molecule has 3 nitrogen and oxygen atoms in total. The summed E-state index contributed by atoms with van der Waals surface area (Å²) in [5, 5.41) is 3.03. The van der Waals surface area contributed by atoms with Gasteiger partial charge in [0.2, 0.25) is 0 Å². The average Bonchev–Trinajstić information content (AvgIpc) is 2.77. The molecule has 1 atom stereocenters. The third-order valence-corrected chi connectivity index (χ3v) is 3.53. The molecule has 2 N–H and O–H groups in total. The van der Waals surface area contributed by atoms with Gasteiger partial charge in [-0.1, -0.05) is 30.3 Å². The van der Waals surface area contributed by atoms with Gasteiger partial charge in [0.05, 0.1) is 0 Å². The highest BCUT2D eigenvalue weighted by molar-refractivity contribution is 7.09. The van der Waals surface area contributed by atoms with E-state index in [0.717, 1.165) is 16.3 Å². The van der Waals surface area contributed by atoms with Crippen molar-refractivity contribution in [3.8, 4) is 0 Å². The molecule has 1 unspecified atom stereocenters. The first-order valence-corrected chi connectivity index (χ1v) is 6.35. The Labute approximate surface area is 105 Å². The van der Waals surface area contributed by atoms with E-state index in [9.17, 15) is 0 Å². The van der Waals surface area contributed by atoms with Gasteiger partial charge in [0.1, 0.15) is 16.9 Å². The smallest absolute Gasteiger partial charge is 0.126 e. The molecule has 0 spiro atoms. The highest BCUT2D eigenvalue weighted by Crippen LogP contribution is 2.21. The molecule has 0 aliphatic rings. The number of hydrogen-bond acceptors (Lipinski definition) is 3. The molecule has 2 rings (SSSR count). The summed E-state index contributed by atoms with van der Waals surface area (Å²) >= 11 is 1.62. The minimum absolute atomic E-state index is 0.00825. The van der Waals surface area contributed by atoms with Gasteiger partial charge in [-0.15, -0.1) is 11.3 Å². The van der Waals surface area contributed by atoms with Crippen LogP contribution < -0.4 is 5.73 Å². The van der Waals surface area contributed by atoms with Crippen LogP contribution in [0.25, 0.3) is 0 Å². The Hall–Kier alpha value is -1.68. The quantitative estimate of drug-likeness (QED) is 0.667. The van der Waals surface area contributed by atoms with Crippen LogP contribution in [0.1, 0.15) is 29.2 Å². The maximum atomic E-state index is 5.97. The fourth-order valence-corrected chi connectivity index (χ4v) is 2.30. The summed E-state index contributed by atoms with van der Waals surface area (Å²) in [4.78, 5) is 8.89. The third kappa shape index (κ3) is 2.91. The van der Waals surface area contributed by atoms with Gasteiger partial charge < -0.3 is 5.73 Å². The minimum atomic E-state index is 0.00825. The van der Waals surface area contributed by atoms with Gasteiger partial charge in [0.25, 0.3) is 0 Å². The lowest BCUT2D eigenvalue weighted by Gasteiger charge is -2.05. The molecule has 0 amide bonds. The van der Waals surface area contributed by atoms with Crippen molar-refractivity contribution in [1.82, 2.24) is 4.98 Å². The second-order valence-corrected chi connectivity index (χ2v) is 4.77. The van der Waals surface area contributed by atoms with Crippen LogP contribution in [0.3, 0.4) is 0 Å². The number of rotatable bonds is 3. The van der Waals surface area contributed by atoms with Crippen LogP contribution in [0.15, 0.2) is 40.7 Å². The van der Waals surface area contributed by atoms with Crippen molar-refractivity contribution in [2.75, 3.05) is 0 Å². The van der Waals surface area contributed by atoms with Crippen LogP contribution in [0, 0.1) is 6.92 Å². The number of thiazole rings is 1. The fourth-order valence-electron chi connectivity index (χ4n) is 1.51. The highest BCUT2D eigenvalue weighted by Gasteiger charge is 2.08. The van der Waals surface area contributed by atoms with Crippen LogP contribution >= 0.6 is 11.3 Å². The van der Waals surface area contributed by atoms with Gasteiger partial charge in [-0.3, -0.25) is 4.99 Å². The zero-order valence-corrected chi connectivity index (χ0v) is 10.7. The molecule has 0 radical (unpaired) electrons. The molecule has 1 aromatic carbocycles. The Morgan fingerprint density at radius 2 is 2.06 bits per heavy atom. The number of aryl methyl sites for hydroxylation is 1. The Bertz CT molecular complexity index is 516. The summed E-state index contributed by atoms with van der Waals surface area (Å²) in [6.07, 6.45) is 0. The van der Waals surface area contributed by atoms with E-state index in [4.69, 9.17) is 5.73 Å². The summed E-state index contributed by atoms with van der Waals surface area (Å²) in [7, 11) is 0. The first-order chi connectivity index (χ1) is 8.16. The molecule has 0 aliphatic heterocycles. The van der Waals surface area contributed by atoms with Gasteiger partial charge in [-0.2, -0.15) is 0 Å². The van der Waals surface area contributed by atoms with Crippen LogP contribution in [0.5, 0.6) is 0 Å². The van der Waals surface area contributed by atoms with Gasteiger partial charge in [0.15, 0.2) is 0 Å². The van der Waals surface area contributed by atoms with Crippen LogP contribution in [-0.2, 0) is 0 Å². The first-order valence-electron chi connectivity index (χ1n) is 5.47. The number of nitrogens with zero attached hydrogens (tertiary/aromatic N) is 2. The maximum absolute atomic E-state index is 5.97. The summed E-state index contributed by atoms with van der Waals surface area (Å²) < 4.78 is 0. The summed E-state index contributed by atoms with van der Waals surface area (Å²) in [6, 6.07) is 9.79. The van der Waals surface area contributed by atoms with E-state index in [1.165, 1.54) is 0 Å². The van der Waals surface area contributed by atoms with Crippen LogP contribution in [0.4, 0.5) is 0 Å². The Morgan fingerprint density at radius 1 is 1.35 bits per heavy atom. The molecule has 0 fully saturated rings. The normalized spacial score (nSPS) is 13.6. The lowest BCUT2D eigenvalue weighted by atomic mass is 10.2. The van der Waals surface area contributed by atoms with Crippen molar-refractivity contribution in [1.29, 1.82) is 0 Å². The Morgan fingerprint density at radius 3 is 2.65 bits per heavy atom. The largest absolute Gasteiger partial charge is 0.383 e. The van der Waals surface area contributed by atoms with Gasteiger partial charge >= 0.3 is 0 Å². The SMILES string of the molecule is Cc1csc(C(C)N=C(N)c2ccccc2)n1. The molecule has 1 aromatic heterocycles. The lowest BCUT2D eigenvalue weighted by Crippen LogP contribution is -2.14. The zero-order chi connectivity index (χ0) is 12.3. The van der Waals surface area contributed by atoms with Crippen LogP contribution in [-0.4, -0.2) is 10.8 Å². The van der Waals surface area contributed by atoms with E-state index in [1.54, 1.807) is 11.3 Å². The predicted octanol–water partition coefficient (Wildman–Crippen LogP) is 2.92. The van der Waals surface area contributed by atoms with Crippen molar-refractivity contribution >= 4 is 17.2 Å².